The van der Waals surface area contributed by atoms with Crippen molar-refractivity contribution < 1.29 is 0 Å². The van der Waals surface area contributed by atoms with Crippen molar-refractivity contribution in [1.29, 1.82) is 0 Å². The van der Waals surface area contributed by atoms with Crippen LogP contribution in [0.4, 0.5) is 0 Å². The maximum atomic E-state index is 4.34. The first-order chi connectivity index (χ1) is 8.92. The highest BCUT2D eigenvalue weighted by molar-refractivity contribution is 5.61. The third-order valence-corrected chi connectivity index (χ3v) is 3.77. The van der Waals surface area contributed by atoms with Crippen LogP contribution in [0.5, 0.6) is 0 Å². The zero-order valence-corrected chi connectivity index (χ0v) is 11.6. The molecule has 0 bridgehead atoms. The molecule has 0 saturated heterocycles. The normalized spacial score (nSPS) is 18.6. The van der Waals surface area contributed by atoms with Crippen LogP contribution in [-0.4, -0.2) is 54.8 Å². The van der Waals surface area contributed by atoms with E-state index in [0.717, 1.165) is 26.2 Å². The molecule has 4 nitrogen and oxygen atoms in total. The Labute approximate surface area is 111 Å². The molecule has 18 heavy (non-hydrogen) atoms. The summed E-state index contributed by atoms with van der Waals surface area (Å²) in [7, 11) is 0. The summed E-state index contributed by atoms with van der Waals surface area (Å²) in [6.45, 7) is 6.33. The molecule has 0 unspecified atom stereocenters. The highest BCUT2D eigenvalue weighted by Crippen LogP contribution is 2.16. The first-order valence-corrected chi connectivity index (χ1v) is 7.43. The van der Waals surface area contributed by atoms with Gasteiger partial charge in [0, 0.05) is 13.1 Å². The van der Waals surface area contributed by atoms with E-state index in [9.17, 15) is 0 Å². The molecule has 2 aliphatic heterocycles. The molecule has 0 aromatic rings. The summed E-state index contributed by atoms with van der Waals surface area (Å²) in [5.74, 6) is 0. The Kier molecular flexibility index (Phi) is 5.49. The third-order valence-electron chi connectivity index (χ3n) is 3.77. The second-order valence-electron chi connectivity index (χ2n) is 5.20. The number of hydrogen-bond donors (Lipinski definition) is 0. The first-order valence-electron chi connectivity index (χ1n) is 7.43. The Morgan fingerprint density at radius 1 is 0.944 bits per heavy atom. The van der Waals surface area contributed by atoms with Crippen LogP contribution in [0, 0.1) is 0 Å². The smallest absolute Gasteiger partial charge is 0.103 e. The van der Waals surface area contributed by atoms with E-state index in [-0.39, 0.29) is 0 Å². The molecule has 0 aliphatic carbocycles. The summed E-state index contributed by atoms with van der Waals surface area (Å²) in [5, 5.41) is 0. The molecule has 0 spiro atoms. The predicted molar refractivity (Wildman–Crippen MR) is 77.3 cm³/mol. The fourth-order valence-corrected chi connectivity index (χ4v) is 2.69. The van der Waals surface area contributed by atoms with E-state index in [1.807, 2.05) is 12.7 Å². The lowest BCUT2D eigenvalue weighted by molar-refractivity contribution is 0.173. The summed E-state index contributed by atoms with van der Waals surface area (Å²) >= 11 is 0. The van der Waals surface area contributed by atoms with Gasteiger partial charge in [-0.05, 0) is 12.8 Å². The molecule has 2 aliphatic rings. The van der Waals surface area contributed by atoms with Gasteiger partial charge in [-0.3, -0.25) is 9.98 Å². The lowest BCUT2D eigenvalue weighted by Crippen LogP contribution is -2.46. The lowest BCUT2D eigenvalue weighted by Gasteiger charge is -2.34. The molecule has 0 N–H and O–H groups in total. The van der Waals surface area contributed by atoms with Crippen LogP contribution in [0.15, 0.2) is 9.98 Å². The van der Waals surface area contributed by atoms with Crippen molar-refractivity contribution in [2.75, 3.05) is 26.2 Å². The van der Waals surface area contributed by atoms with Crippen LogP contribution >= 0.6 is 0 Å². The molecule has 0 saturated carbocycles. The van der Waals surface area contributed by atoms with Gasteiger partial charge in [-0.25, -0.2) is 0 Å². The van der Waals surface area contributed by atoms with Crippen LogP contribution in [0.25, 0.3) is 0 Å². The second kappa shape index (κ2) is 7.39. The van der Waals surface area contributed by atoms with E-state index >= 15 is 0 Å². The maximum Gasteiger partial charge on any atom is 0.103 e. The van der Waals surface area contributed by atoms with E-state index < -0.39 is 0 Å². The molecule has 0 atom stereocenters. The average molecular weight is 250 g/mol. The fourth-order valence-electron chi connectivity index (χ4n) is 2.69. The summed E-state index contributed by atoms with van der Waals surface area (Å²) in [5.41, 5.74) is 0. The van der Waals surface area contributed by atoms with E-state index in [2.05, 4.69) is 26.7 Å². The molecule has 2 heterocycles. The molecule has 2 rings (SSSR count). The van der Waals surface area contributed by atoms with Crippen molar-refractivity contribution in [3.8, 4) is 0 Å². The Hall–Kier alpha value is -1.06. The molecule has 0 fully saturated rings. The van der Waals surface area contributed by atoms with Gasteiger partial charge in [0.15, 0.2) is 0 Å². The maximum absolute atomic E-state index is 4.34. The summed E-state index contributed by atoms with van der Waals surface area (Å²) in [6, 6.07) is 0. The predicted octanol–water partition coefficient (Wildman–Crippen LogP) is 2.36. The van der Waals surface area contributed by atoms with Crippen LogP contribution in [0.1, 0.15) is 45.4 Å². The van der Waals surface area contributed by atoms with Gasteiger partial charge < -0.3 is 9.80 Å². The summed E-state index contributed by atoms with van der Waals surface area (Å²) in [6.07, 6.45) is 12.5. The van der Waals surface area contributed by atoms with Gasteiger partial charge in [0.2, 0.25) is 0 Å². The van der Waals surface area contributed by atoms with Gasteiger partial charge in [-0.1, -0.05) is 32.6 Å². The minimum Gasteiger partial charge on any atom is -0.341 e. The quantitative estimate of drug-likeness (QED) is 0.619. The Bertz CT molecular complexity index is 266. The highest BCUT2D eigenvalue weighted by atomic mass is 15.4. The van der Waals surface area contributed by atoms with Gasteiger partial charge in [0.05, 0.1) is 25.8 Å². The van der Waals surface area contributed by atoms with Crippen LogP contribution in [-0.2, 0) is 0 Å². The monoisotopic (exact) mass is 250 g/mol. The number of aliphatic imine (C=N–C) groups is 2. The Balaban J connectivity index is 1.77. The number of nitrogens with zero attached hydrogens (tertiary/aromatic N) is 4. The first kappa shape index (κ1) is 13.4. The minimum absolute atomic E-state index is 0.490. The Morgan fingerprint density at radius 2 is 1.56 bits per heavy atom. The number of hydrogen-bond acceptors (Lipinski definition) is 4. The summed E-state index contributed by atoms with van der Waals surface area (Å²) in [4.78, 5) is 13.5. The van der Waals surface area contributed by atoms with E-state index in [4.69, 9.17) is 0 Å². The molecule has 102 valence electrons. The van der Waals surface area contributed by atoms with Crippen LogP contribution in [0.3, 0.4) is 0 Å². The zero-order valence-electron chi connectivity index (χ0n) is 11.6. The van der Waals surface area contributed by atoms with E-state index in [0.29, 0.717) is 6.17 Å². The second-order valence-corrected chi connectivity index (χ2v) is 5.20. The molecule has 0 aromatic carbocycles. The Morgan fingerprint density at radius 3 is 2.06 bits per heavy atom. The fraction of sp³-hybridized carbons (Fsp3) is 0.857. The largest absolute Gasteiger partial charge is 0.341 e. The van der Waals surface area contributed by atoms with Crippen LogP contribution in [0.2, 0.25) is 0 Å². The molecule has 0 aromatic heterocycles. The third kappa shape index (κ3) is 3.72. The topological polar surface area (TPSA) is 31.2 Å². The molecular formula is C14H26N4. The van der Waals surface area contributed by atoms with Gasteiger partial charge in [-0.15, -0.1) is 0 Å². The minimum atomic E-state index is 0.490. The molecule has 4 heteroatoms. The molecule has 0 radical (unpaired) electrons. The van der Waals surface area contributed by atoms with Gasteiger partial charge in [-0.2, -0.15) is 0 Å². The average Bonchev–Trinajstić information content (AvgIpc) is 3.06. The zero-order chi connectivity index (χ0) is 12.6. The highest BCUT2D eigenvalue weighted by Gasteiger charge is 2.24. The number of rotatable bonds is 8. The van der Waals surface area contributed by atoms with E-state index in [1.165, 1.54) is 38.5 Å². The lowest BCUT2D eigenvalue weighted by atomic mass is 10.1. The molecule has 0 amide bonds. The van der Waals surface area contributed by atoms with Gasteiger partial charge >= 0.3 is 0 Å². The SMILES string of the molecule is CCCCCCCC(N1C=NCC1)N1C=NCC1. The van der Waals surface area contributed by atoms with Crippen molar-refractivity contribution in [3.63, 3.8) is 0 Å². The van der Waals surface area contributed by atoms with Crippen molar-refractivity contribution >= 4 is 12.7 Å². The van der Waals surface area contributed by atoms with Crippen molar-refractivity contribution in [2.45, 2.75) is 51.6 Å². The van der Waals surface area contributed by atoms with Crippen molar-refractivity contribution in [3.05, 3.63) is 0 Å². The van der Waals surface area contributed by atoms with Crippen molar-refractivity contribution in [2.24, 2.45) is 9.98 Å². The number of unbranched alkanes of at least 4 members (excludes halogenated alkanes) is 4. The molecular weight excluding hydrogens is 224 g/mol. The van der Waals surface area contributed by atoms with Crippen molar-refractivity contribution in [1.82, 2.24) is 9.80 Å². The van der Waals surface area contributed by atoms with Gasteiger partial charge in [0.25, 0.3) is 0 Å². The summed E-state index contributed by atoms with van der Waals surface area (Å²) < 4.78 is 0. The standard InChI is InChI=1S/C14H26N4/c1-2-3-4-5-6-7-14(17-10-8-15-12-17)18-11-9-16-13-18/h12-14H,2-11H2,1H3. The van der Waals surface area contributed by atoms with E-state index in [1.54, 1.807) is 0 Å². The van der Waals surface area contributed by atoms with Gasteiger partial charge in [0.1, 0.15) is 6.17 Å². The van der Waals surface area contributed by atoms with Crippen LogP contribution < -0.4 is 0 Å².